The van der Waals surface area contributed by atoms with Gasteiger partial charge in [0.15, 0.2) is 0 Å². The molecule has 11 nitrogen and oxygen atoms in total. The van der Waals surface area contributed by atoms with E-state index in [9.17, 15) is 28.0 Å². The van der Waals surface area contributed by atoms with Crippen molar-refractivity contribution < 1.29 is 18.0 Å². The third kappa shape index (κ3) is 6.49. The number of aryl methyl sites for hydroxylation is 1. The van der Waals surface area contributed by atoms with E-state index in [4.69, 9.17) is 28.2 Å². The second-order valence-corrected chi connectivity index (χ2v) is 11.9. The molecule has 2 aliphatic heterocycles. The standard InChI is InChI=1S/C30H32Cl2F3N9O2/c1-3-24(45)43-14-13-41(16-20(43)7-10-36)27-22-15-37-44(23-6-4-5-19(2)25(23)30(33,34)35)28(46)26(22)38-29(39-27)42-17-21(18-42)40(11-8-31)12-9-32/h3-6,15,20-21H,1,7-9,11-14,16-18H2,2H3/t20-/m0/s1. The van der Waals surface area contributed by atoms with Crippen molar-refractivity contribution in [3.8, 4) is 11.8 Å². The first-order valence-electron chi connectivity index (χ1n) is 14.7. The fourth-order valence-electron chi connectivity index (χ4n) is 6.03. The molecule has 2 fully saturated rings. The van der Waals surface area contributed by atoms with Crippen molar-refractivity contribution in [3.63, 3.8) is 0 Å². The summed E-state index contributed by atoms with van der Waals surface area (Å²) >= 11 is 12.0. The number of benzene rings is 1. The number of piperazine rings is 1. The highest BCUT2D eigenvalue weighted by atomic mass is 35.5. The second kappa shape index (κ2) is 13.8. The molecule has 0 bridgehead atoms. The van der Waals surface area contributed by atoms with Crippen LogP contribution in [0.25, 0.3) is 16.6 Å². The average Bonchev–Trinajstić information content (AvgIpc) is 2.99. The topological polar surface area (TPSA) is 114 Å². The lowest BCUT2D eigenvalue weighted by atomic mass is 10.1. The first-order chi connectivity index (χ1) is 22.0. The van der Waals surface area contributed by atoms with E-state index >= 15 is 0 Å². The fraction of sp³-hybridized carbons (Fsp3) is 0.467. The van der Waals surface area contributed by atoms with E-state index in [0.29, 0.717) is 50.3 Å². The number of nitrogens with zero attached hydrogens (tertiary/aromatic N) is 9. The van der Waals surface area contributed by atoms with Gasteiger partial charge in [-0.3, -0.25) is 14.5 Å². The molecule has 0 spiro atoms. The molecule has 2 aromatic heterocycles. The summed E-state index contributed by atoms with van der Waals surface area (Å²) in [5.41, 5.74) is -2.37. The van der Waals surface area contributed by atoms with Crippen LogP contribution in [0.1, 0.15) is 17.5 Å². The molecular weight excluding hydrogens is 646 g/mol. The highest BCUT2D eigenvalue weighted by molar-refractivity contribution is 6.18. The van der Waals surface area contributed by atoms with Gasteiger partial charge in [-0.1, -0.05) is 18.7 Å². The molecule has 0 radical (unpaired) electrons. The summed E-state index contributed by atoms with van der Waals surface area (Å²) in [4.78, 5) is 43.4. The molecule has 4 heterocycles. The Bertz CT molecular complexity index is 1720. The summed E-state index contributed by atoms with van der Waals surface area (Å²) in [7, 11) is 0. The number of halogens is 5. The van der Waals surface area contributed by atoms with Gasteiger partial charge in [0.05, 0.1) is 41.4 Å². The van der Waals surface area contributed by atoms with Crippen LogP contribution in [0.5, 0.6) is 0 Å². The lowest BCUT2D eigenvalue weighted by Crippen LogP contribution is -2.61. The minimum atomic E-state index is -4.73. The van der Waals surface area contributed by atoms with E-state index in [1.165, 1.54) is 37.4 Å². The van der Waals surface area contributed by atoms with Crippen LogP contribution in [-0.4, -0.2) is 105 Å². The molecule has 3 aromatic rings. The number of aromatic nitrogens is 4. The maximum Gasteiger partial charge on any atom is 0.418 e. The number of amides is 1. The predicted octanol–water partition coefficient (Wildman–Crippen LogP) is 3.59. The smallest absolute Gasteiger partial charge is 0.352 e. The molecule has 244 valence electrons. The zero-order valence-electron chi connectivity index (χ0n) is 25.1. The Hall–Kier alpha value is -3.93. The summed E-state index contributed by atoms with van der Waals surface area (Å²) in [6.45, 7) is 8.00. The van der Waals surface area contributed by atoms with Crippen molar-refractivity contribution in [1.29, 1.82) is 5.26 Å². The molecular formula is C30H32Cl2F3N9O2. The maximum atomic E-state index is 14.1. The van der Waals surface area contributed by atoms with Gasteiger partial charge in [0, 0.05) is 63.6 Å². The van der Waals surface area contributed by atoms with E-state index in [0.717, 1.165) is 4.68 Å². The molecule has 0 saturated carbocycles. The summed E-state index contributed by atoms with van der Waals surface area (Å²) in [5.74, 6) is 1.13. The minimum absolute atomic E-state index is 0.0510. The number of carbonyl (C=O) groups excluding carboxylic acids is 1. The number of hydrogen-bond acceptors (Lipinski definition) is 9. The normalized spacial score (nSPS) is 17.3. The maximum absolute atomic E-state index is 14.1. The quantitative estimate of drug-likeness (QED) is 0.235. The van der Waals surface area contributed by atoms with E-state index in [-0.39, 0.29) is 53.9 Å². The van der Waals surface area contributed by atoms with Crippen LogP contribution in [0, 0.1) is 18.3 Å². The minimum Gasteiger partial charge on any atom is -0.352 e. The SMILES string of the molecule is C=CC(=O)N1CCN(c2nc(N3CC(N(CCCl)CCCl)C3)nc3c(=O)n(-c4cccc(C)c4C(F)(F)F)ncc23)C[C@@H]1CC#N. The third-order valence-electron chi connectivity index (χ3n) is 8.35. The Morgan fingerprint density at radius 1 is 1.15 bits per heavy atom. The number of nitriles is 1. The van der Waals surface area contributed by atoms with Crippen LogP contribution in [0.2, 0.25) is 0 Å². The fourth-order valence-corrected chi connectivity index (χ4v) is 6.46. The van der Waals surface area contributed by atoms with E-state index < -0.39 is 29.0 Å². The summed E-state index contributed by atoms with van der Waals surface area (Å²) in [5, 5.41) is 13.9. The zero-order chi connectivity index (χ0) is 33.2. The van der Waals surface area contributed by atoms with Gasteiger partial charge in [-0.2, -0.15) is 33.2 Å². The van der Waals surface area contributed by atoms with Crippen molar-refractivity contribution in [1.82, 2.24) is 29.5 Å². The van der Waals surface area contributed by atoms with Crippen LogP contribution in [-0.2, 0) is 11.0 Å². The van der Waals surface area contributed by atoms with Crippen LogP contribution < -0.4 is 15.4 Å². The van der Waals surface area contributed by atoms with E-state index in [1.54, 1.807) is 4.90 Å². The van der Waals surface area contributed by atoms with Crippen molar-refractivity contribution in [2.75, 3.05) is 67.4 Å². The van der Waals surface area contributed by atoms with E-state index in [1.807, 2.05) is 9.80 Å². The van der Waals surface area contributed by atoms with Crippen molar-refractivity contribution >= 4 is 51.8 Å². The van der Waals surface area contributed by atoms with Gasteiger partial charge in [0.1, 0.15) is 11.3 Å². The molecule has 0 aliphatic carbocycles. The number of anilines is 2. The average molecular weight is 679 g/mol. The third-order valence-corrected chi connectivity index (χ3v) is 8.68. The number of rotatable bonds is 10. The second-order valence-electron chi connectivity index (χ2n) is 11.1. The molecule has 1 amide bonds. The largest absolute Gasteiger partial charge is 0.418 e. The number of fused-ring (bicyclic) bond motifs is 1. The first-order valence-corrected chi connectivity index (χ1v) is 15.7. The van der Waals surface area contributed by atoms with Gasteiger partial charge in [0.2, 0.25) is 11.9 Å². The van der Waals surface area contributed by atoms with Crippen molar-refractivity contribution in [3.05, 3.63) is 58.5 Å². The van der Waals surface area contributed by atoms with Gasteiger partial charge < -0.3 is 14.7 Å². The number of hydrogen-bond donors (Lipinski definition) is 0. The van der Waals surface area contributed by atoms with E-state index in [2.05, 4.69) is 27.6 Å². The molecule has 1 atom stereocenters. The Morgan fingerprint density at radius 2 is 1.87 bits per heavy atom. The molecule has 0 N–H and O–H groups in total. The Morgan fingerprint density at radius 3 is 2.50 bits per heavy atom. The van der Waals surface area contributed by atoms with Crippen LogP contribution in [0.15, 0.2) is 41.8 Å². The van der Waals surface area contributed by atoms with Crippen LogP contribution in [0.4, 0.5) is 24.9 Å². The van der Waals surface area contributed by atoms with Crippen molar-refractivity contribution in [2.45, 2.75) is 31.6 Å². The molecule has 1 aromatic carbocycles. The Kier molecular flexibility index (Phi) is 10.0. The number of alkyl halides is 5. The van der Waals surface area contributed by atoms with Gasteiger partial charge in [-0.25, -0.2) is 4.98 Å². The summed E-state index contributed by atoms with van der Waals surface area (Å²) in [6, 6.07) is 5.70. The van der Waals surface area contributed by atoms with Gasteiger partial charge in [0.25, 0.3) is 5.56 Å². The van der Waals surface area contributed by atoms with Gasteiger partial charge >= 0.3 is 6.18 Å². The lowest BCUT2D eigenvalue weighted by molar-refractivity contribution is -0.138. The van der Waals surface area contributed by atoms with Gasteiger partial charge in [-0.05, 0) is 24.6 Å². The zero-order valence-corrected chi connectivity index (χ0v) is 26.6. The van der Waals surface area contributed by atoms with Crippen LogP contribution in [0.3, 0.4) is 0 Å². The Balaban J connectivity index is 1.62. The van der Waals surface area contributed by atoms with Crippen LogP contribution >= 0.6 is 23.2 Å². The highest BCUT2D eigenvalue weighted by Crippen LogP contribution is 2.36. The lowest BCUT2D eigenvalue weighted by Gasteiger charge is -2.45. The molecule has 16 heteroatoms. The first kappa shape index (κ1) is 33.4. The molecule has 2 saturated heterocycles. The molecule has 2 aliphatic rings. The Labute approximate surface area is 273 Å². The highest BCUT2D eigenvalue weighted by Gasteiger charge is 2.38. The molecule has 0 unspecified atom stereocenters. The van der Waals surface area contributed by atoms with Crippen molar-refractivity contribution in [2.24, 2.45) is 0 Å². The molecule has 46 heavy (non-hydrogen) atoms. The predicted molar refractivity (Wildman–Crippen MR) is 170 cm³/mol. The summed E-state index contributed by atoms with van der Waals surface area (Å²) < 4.78 is 43.1. The molecule has 5 rings (SSSR count). The monoisotopic (exact) mass is 677 g/mol. The summed E-state index contributed by atoms with van der Waals surface area (Å²) in [6.07, 6.45) is -2.19. The van der Waals surface area contributed by atoms with Gasteiger partial charge in [-0.15, -0.1) is 23.2 Å². The number of carbonyl (C=O) groups is 1.